The quantitative estimate of drug-likeness (QED) is 0.751. The molecular formula is C13H13N3S. The van der Waals surface area contributed by atoms with E-state index in [4.69, 9.17) is 5.73 Å². The lowest BCUT2D eigenvalue weighted by Crippen LogP contribution is -1.96. The Hall–Kier alpha value is -1.81. The molecule has 2 heterocycles. The Bertz CT molecular complexity index is 652. The highest BCUT2D eigenvalue weighted by atomic mass is 32.1. The number of nitrogens with zero attached hydrogens (tertiary/aromatic N) is 2. The second-order valence-electron chi connectivity index (χ2n) is 3.90. The maximum Gasteiger partial charge on any atom is 0.196 e. The first-order chi connectivity index (χ1) is 8.31. The molecular weight excluding hydrogens is 230 g/mol. The molecule has 0 spiro atoms. The van der Waals surface area contributed by atoms with Crippen molar-refractivity contribution < 1.29 is 0 Å². The molecule has 0 aliphatic carbocycles. The molecule has 0 saturated heterocycles. The molecule has 0 unspecified atom stereocenters. The van der Waals surface area contributed by atoms with E-state index in [1.165, 1.54) is 5.56 Å². The first kappa shape index (κ1) is 10.4. The Labute approximate surface area is 104 Å². The highest BCUT2D eigenvalue weighted by Gasteiger charge is 2.13. The number of aryl methyl sites for hydroxylation is 1. The van der Waals surface area contributed by atoms with Crippen molar-refractivity contribution in [3.63, 3.8) is 0 Å². The second-order valence-corrected chi connectivity index (χ2v) is 4.74. The average molecular weight is 243 g/mol. The normalized spacial score (nSPS) is 11.1. The number of rotatable bonds is 2. The van der Waals surface area contributed by atoms with Crippen molar-refractivity contribution in [3.05, 3.63) is 41.4 Å². The first-order valence-electron chi connectivity index (χ1n) is 5.61. The number of imidazole rings is 1. The van der Waals surface area contributed by atoms with E-state index in [-0.39, 0.29) is 0 Å². The Kier molecular flexibility index (Phi) is 2.37. The molecule has 3 rings (SSSR count). The molecule has 0 bridgehead atoms. The van der Waals surface area contributed by atoms with Gasteiger partial charge in [0.05, 0.1) is 11.4 Å². The maximum absolute atomic E-state index is 6.14. The van der Waals surface area contributed by atoms with E-state index in [9.17, 15) is 0 Å². The van der Waals surface area contributed by atoms with Gasteiger partial charge in [-0.3, -0.25) is 4.40 Å². The van der Waals surface area contributed by atoms with Gasteiger partial charge in [0.2, 0.25) is 0 Å². The molecule has 17 heavy (non-hydrogen) atoms. The average Bonchev–Trinajstić information content (AvgIpc) is 2.91. The number of hydrogen-bond donors (Lipinski definition) is 1. The molecule has 0 aliphatic heterocycles. The lowest BCUT2D eigenvalue weighted by Gasteiger charge is -2.01. The third-order valence-corrected chi connectivity index (χ3v) is 3.71. The van der Waals surface area contributed by atoms with Gasteiger partial charge in [-0.05, 0) is 12.0 Å². The lowest BCUT2D eigenvalue weighted by molar-refractivity contribution is 1.08. The van der Waals surface area contributed by atoms with Crippen LogP contribution in [0, 0.1) is 0 Å². The van der Waals surface area contributed by atoms with E-state index < -0.39 is 0 Å². The maximum atomic E-state index is 6.14. The summed E-state index contributed by atoms with van der Waals surface area (Å²) in [4.78, 5) is 5.50. The fraction of sp³-hybridized carbons (Fsp3) is 0.154. The van der Waals surface area contributed by atoms with Gasteiger partial charge in [-0.25, -0.2) is 4.98 Å². The monoisotopic (exact) mass is 243 g/mol. The summed E-state index contributed by atoms with van der Waals surface area (Å²) in [5.74, 6) is 0.766. The summed E-state index contributed by atoms with van der Waals surface area (Å²) in [5, 5.41) is 2.10. The van der Waals surface area contributed by atoms with Crippen LogP contribution < -0.4 is 5.73 Å². The molecule has 2 N–H and O–H groups in total. The van der Waals surface area contributed by atoms with Crippen molar-refractivity contribution in [2.24, 2.45) is 0 Å². The smallest absolute Gasteiger partial charge is 0.196 e. The van der Waals surface area contributed by atoms with Gasteiger partial charge in [0.25, 0.3) is 0 Å². The highest BCUT2D eigenvalue weighted by Crippen LogP contribution is 2.29. The van der Waals surface area contributed by atoms with Crippen molar-refractivity contribution in [2.75, 3.05) is 5.73 Å². The minimum absolute atomic E-state index is 0.766. The zero-order valence-electron chi connectivity index (χ0n) is 9.55. The molecule has 0 atom stereocenters. The van der Waals surface area contributed by atoms with Crippen LogP contribution in [0.25, 0.3) is 16.2 Å². The van der Waals surface area contributed by atoms with Crippen LogP contribution >= 0.6 is 11.3 Å². The van der Waals surface area contributed by atoms with E-state index in [0.717, 1.165) is 28.6 Å². The van der Waals surface area contributed by atoms with Gasteiger partial charge in [0, 0.05) is 5.38 Å². The molecule has 1 aromatic carbocycles. The summed E-state index contributed by atoms with van der Waals surface area (Å²) < 4.78 is 2.04. The number of hydrogen-bond acceptors (Lipinski definition) is 3. The van der Waals surface area contributed by atoms with Crippen LogP contribution in [-0.2, 0) is 6.42 Å². The van der Waals surface area contributed by atoms with Crippen LogP contribution in [0.1, 0.15) is 12.6 Å². The fourth-order valence-electron chi connectivity index (χ4n) is 1.99. The number of fused-ring (bicyclic) bond motifs is 1. The van der Waals surface area contributed by atoms with Crippen LogP contribution in [0.15, 0.2) is 35.7 Å². The van der Waals surface area contributed by atoms with E-state index in [1.54, 1.807) is 11.3 Å². The Morgan fingerprint density at radius 2 is 2.06 bits per heavy atom. The van der Waals surface area contributed by atoms with E-state index in [1.807, 2.05) is 22.6 Å². The van der Waals surface area contributed by atoms with Crippen molar-refractivity contribution in [1.82, 2.24) is 9.38 Å². The summed E-state index contributed by atoms with van der Waals surface area (Å²) in [6.45, 7) is 2.07. The Morgan fingerprint density at radius 3 is 2.76 bits per heavy atom. The lowest BCUT2D eigenvalue weighted by atomic mass is 10.2. The summed E-state index contributed by atoms with van der Waals surface area (Å²) in [7, 11) is 0. The van der Waals surface area contributed by atoms with Crippen LogP contribution in [0.5, 0.6) is 0 Å². The van der Waals surface area contributed by atoms with Gasteiger partial charge in [-0.1, -0.05) is 37.3 Å². The number of anilines is 1. The van der Waals surface area contributed by atoms with Crippen molar-refractivity contribution in [1.29, 1.82) is 0 Å². The predicted molar refractivity (Wildman–Crippen MR) is 72.3 cm³/mol. The van der Waals surface area contributed by atoms with E-state index >= 15 is 0 Å². The molecule has 0 fully saturated rings. The molecule has 3 nitrogen and oxygen atoms in total. The summed E-state index contributed by atoms with van der Waals surface area (Å²) in [5.41, 5.74) is 9.41. The number of nitrogens with two attached hydrogens (primary N) is 1. The number of nitrogen functional groups attached to an aromatic ring is 1. The Balaban J connectivity index is 2.27. The third kappa shape index (κ3) is 1.52. The zero-order chi connectivity index (χ0) is 11.8. The number of benzene rings is 1. The molecule has 86 valence electrons. The van der Waals surface area contributed by atoms with Gasteiger partial charge in [0.15, 0.2) is 4.96 Å². The largest absolute Gasteiger partial charge is 0.383 e. The van der Waals surface area contributed by atoms with Gasteiger partial charge >= 0.3 is 0 Å². The summed E-state index contributed by atoms with van der Waals surface area (Å²) in [6.07, 6.45) is 0.870. The molecule has 0 aliphatic rings. The molecule has 3 aromatic rings. The molecule has 0 radical (unpaired) electrons. The molecule has 0 amide bonds. The predicted octanol–water partition coefficient (Wildman–Crippen LogP) is 3.21. The zero-order valence-corrected chi connectivity index (χ0v) is 10.4. The minimum atomic E-state index is 0.766. The number of thiazole rings is 1. The van der Waals surface area contributed by atoms with Gasteiger partial charge in [0.1, 0.15) is 5.82 Å². The first-order valence-corrected chi connectivity index (χ1v) is 6.49. The van der Waals surface area contributed by atoms with Crippen molar-refractivity contribution in [2.45, 2.75) is 13.3 Å². The van der Waals surface area contributed by atoms with Gasteiger partial charge in [-0.15, -0.1) is 11.3 Å². The highest BCUT2D eigenvalue weighted by molar-refractivity contribution is 7.15. The molecule has 2 aromatic heterocycles. The summed E-state index contributed by atoms with van der Waals surface area (Å²) in [6, 6.07) is 10.3. The summed E-state index contributed by atoms with van der Waals surface area (Å²) >= 11 is 1.63. The van der Waals surface area contributed by atoms with Gasteiger partial charge < -0.3 is 5.73 Å². The SMILES string of the molecule is CCc1nc2scc(-c3ccccc3)n2c1N. The van der Waals surface area contributed by atoms with Crippen LogP contribution in [0.3, 0.4) is 0 Å². The van der Waals surface area contributed by atoms with Crippen LogP contribution in [0.4, 0.5) is 5.82 Å². The van der Waals surface area contributed by atoms with E-state index in [2.05, 4.69) is 29.4 Å². The molecule has 0 saturated carbocycles. The van der Waals surface area contributed by atoms with Crippen molar-refractivity contribution >= 4 is 22.1 Å². The third-order valence-electron chi connectivity index (χ3n) is 2.88. The van der Waals surface area contributed by atoms with Crippen LogP contribution in [0.2, 0.25) is 0 Å². The standard InChI is InChI=1S/C13H13N3S/c1-2-10-12(14)16-11(8-17-13(16)15-10)9-6-4-3-5-7-9/h3-8H,2,14H2,1H3. The van der Waals surface area contributed by atoms with Crippen LogP contribution in [-0.4, -0.2) is 9.38 Å². The minimum Gasteiger partial charge on any atom is -0.383 e. The second kappa shape index (κ2) is 3.89. The Morgan fingerprint density at radius 1 is 1.29 bits per heavy atom. The fourth-order valence-corrected chi connectivity index (χ4v) is 2.92. The van der Waals surface area contributed by atoms with Crippen molar-refractivity contribution in [3.8, 4) is 11.3 Å². The number of aromatic nitrogens is 2. The topological polar surface area (TPSA) is 43.3 Å². The van der Waals surface area contributed by atoms with Gasteiger partial charge in [-0.2, -0.15) is 0 Å². The van der Waals surface area contributed by atoms with E-state index in [0.29, 0.717) is 0 Å². The molecule has 4 heteroatoms.